The Balaban J connectivity index is 0.00000264. The Labute approximate surface area is 153 Å². The number of Topliss-reactive ketones (excluding diaryl/α,β-unsaturated/α-hetero) is 1. The Morgan fingerprint density at radius 3 is 1.78 bits per heavy atom. The number of benzene rings is 2. The van der Waals surface area contributed by atoms with Crippen LogP contribution in [0.2, 0.25) is 0 Å². The van der Waals surface area contributed by atoms with Crippen LogP contribution in [0, 0.1) is 0 Å². The van der Waals surface area contributed by atoms with Crippen LogP contribution in [-0.4, -0.2) is 22.0 Å². The van der Waals surface area contributed by atoms with Crippen molar-refractivity contribution in [1.82, 2.24) is 0 Å². The maximum absolute atomic E-state index is 11.3. The van der Waals surface area contributed by atoms with Crippen LogP contribution < -0.4 is 34.7 Å². The number of ketones is 1. The van der Waals surface area contributed by atoms with Gasteiger partial charge >= 0.3 is 29.6 Å². The number of rotatable bonds is 4. The molecule has 0 heterocycles. The zero-order valence-corrected chi connectivity index (χ0v) is 14.5. The van der Waals surface area contributed by atoms with Crippen molar-refractivity contribution in [3.05, 3.63) is 47.5 Å². The second kappa shape index (κ2) is 7.87. The Bertz CT molecular complexity index is 724. The molecule has 0 aliphatic rings. The first-order chi connectivity index (χ1) is 10.4. The molecule has 0 unspecified atom stereocenters. The minimum atomic E-state index is -1.53. The maximum Gasteiger partial charge on any atom is 1.00 e. The largest absolute Gasteiger partial charge is 1.00 e. The first-order valence-corrected chi connectivity index (χ1v) is 6.18. The number of nitrogens with zero attached hydrogens (tertiary/aromatic N) is 2. The number of hydrogen-bond acceptors (Lipinski definition) is 7. The molecule has 0 fully saturated rings. The van der Waals surface area contributed by atoms with E-state index >= 15 is 0 Å². The van der Waals surface area contributed by atoms with Gasteiger partial charge in [0.2, 0.25) is 0 Å². The van der Waals surface area contributed by atoms with Crippen molar-refractivity contribution in [3.63, 3.8) is 0 Å². The second-order valence-corrected chi connectivity index (χ2v) is 4.45. The zero-order valence-electron chi connectivity index (χ0n) is 12.5. The van der Waals surface area contributed by atoms with Crippen molar-refractivity contribution in [3.8, 4) is 11.5 Å². The molecule has 23 heavy (non-hydrogen) atoms. The standard InChI is InChI=1S/C15H12N2O5.Na/c1-8(18)11-6-9(2-4-13(11)19)16-17-10-3-5-14(20)12(7-10)15(21)22;/h2-7,19-20H,1H3,(H,21,22);/q;+1/p-1. The molecule has 0 atom stereocenters. The van der Waals surface area contributed by atoms with Gasteiger partial charge in [0.15, 0.2) is 5.78 Å². The van der Waals surface area contributed by atoms with E-state index in [1.807, 2.05) is 0 Å². The SMILES string of the molecule is CC(=O)c1cc(N=Nc2ccc(O)c(C(=O)[O-])c2)ccc1O.[Na+]. The van der Waals surface area contributed by atoms with E-state index in [0.717, 1.165) is 12.1 Å². The number of carboxylic acids is 1. The molecule has 2 aromatic carbocycles. The van der Waals surface area contributed by atoms with Crippen molar-refractivity contribution in [2.45, 2.75) is 6.92 Å². The Hall–Kier alpha value is -2.22. The van der Waals surface area contributed by atoms with Crippen molar-refractivity contribution >= 4 is 23.1 Å². The van der Waals surface area contributed by atoms with Crippen LogP contribution in [0.3, 0.4) is 0 Å². The molecule has 0 aliphatic carbocycles. The molecule has 0 aromatic heterocycles. The number of carbonyl (C=O) groups excluding carboxylic acids is 2. The van der Waals surface area contributed by atoms with E-state index in [0.29, 0.717) is 5.69 Å². The molecule has 0 radical (unpaired) electrons. The van der Waals surface area contributed by atoms with Gasteiger partial charge in [0.25, 0.3) is 0 Å². The van der Waals surface area contributed by atoms with E-state index in [9.17, 15) is 24.9 Å². The summed E-state index contributed by atoms with van der Waals surface area (Å²) in [6, 6.07) is 7.77. The minimum Gasteiger partial charge on any atom is -0.545 e. The normalized spacial score (nSPS) is 10.3. The summed E-state index contributed by atoms with van der Waals surface area (Å²) in [5, 5.41) is 37.4. The van der Waals surface area contributed by atoms with Gasteiger partial charge in [-0.2, -0.15) is 10.2 Å². The molecule has 0 bridgehead atoms. The third-order valence-corrected chi connectivity index (χ3v) is 2.84. The summed E-state index contributed by atoms with van der Waals surface area (Å²) in [5.74, 6) is -2.44. The van der Waals surface area contributed by atoms with Gasteiger partial charge in [0.1, 0.15) is 11.5 Å². The molecular weight excluding hydrogens is 311 g/mol. The van der Waals surface area contributed by atoms with Gasteiger partial charge in [-0.15, -0.1) is 0 Å². The van der Waals surface area contributed by atoms with Crippen molar-refractivity contribution in [2.75, 3.05) is 0 Å². The monoisotopic (exact) mass is 322 g/mol. The smallest absolute Gasteiger partial charge is 0.545 e. The Kier molecular flexibility index (Phi) is 6.44. The number of aromatic carboxylic acids is 1. The summed E-state index contributed by atoms with van der Waals surface area (Å²) in [4.78, 5) is 22.1. The van der Waals surface area contributed by atoms with Crippen molar-refractivity contribution < 1.29 is 54.5 Å². The van der Waals surface area contributed by atoms with Gasteiger partial charge in [-0.1, -0.05) is 0 Å². The predicted molar refractivity (Wildman–Crippen MR) is 74.7 cm³/mol. The average Bonchev–Trinajstić information content (AvgIpc) is 2.47. The summed E-state index contributed by atoms with van der Waals surface area (Å²) in [5.41, 5.74) is 0.213. The van der Waals surface area contributed by atoms with Gasteiger partial charge in [0.05, 0.1) is 22.9 Å². The summed E-state index contributed by atoms with van der Waals surface area (Å²) in [6.07, 6.45) is 0. The minimum absolute atomic E-state index is 0. The molecule has 0 saturated carbocycles. The second-order valence-electron chi connectivity index (χ2n) is 4.45. The number of hydrogen-bond donors (Lipinski definition) is 2. The van der Waals surface area contributed by atoms with Gasteiger partial charge in [-0.25, -0.2) is 0 Å². The molecular formula is C15H11N2NaO5. The van der Waals surface area contributed by atoms with Gasteiger partial charge in [-0.05, 0) is 43.3 Å². The van der Waals surface area contributed by atoms with Crippen LogP contribution in [0.15, 0.2) is 46.6 Å². The van der Waals surface area contributed by atoms with Crippen LogP contribution in [0.5, 0.6) is 11.5 Å². The van der Waals surface area contributed by atoms with Crippen LogP contribution in [0.1, 0.15) is 27.6 Å². The van der Waals surface area contributed by atoms with E-state index in [4.69, 9.17) is 0 Å². The number of phenols is 2. The average molecular weight is 322 g/mol. The van der Waals surface area contributed by atoms with Gasteiger partial charge in [-0.3, -0.25) is 4.79 Å². The molecule has 7 nitrogen and oxygen atoms in total. The summed E-state index contributed by atoms with van der Waals surface area (Å²) in [6.45, 7) is 1.31. The van der Waals surface area contributed by atoms with E-state index in [2.05, 4.69) is 10.2 Å². The van der Waals surface area contributed by atoms with E-state index < -0.39 is 17.3 Å². The Morgan fingerprint density at radius 1 is 0.913 bits per heavy atom. The summed E-state index contributed by atoms with van der Waals surface area (Å²) >= 11 is 0. The van der Waals surface area contributed by atoms with Crippen LogP contribution in [-0.2, 0) is 0 Å². The van der Waals surface area contributed by atoms with Gasteiger partial charge in [0, 0.05) is 5.56 Å². The molecule has 8 heteroatoms. The molecule has 2 aromatic rings. The first kappa shape index (κ1) is 18.8. The quantitative estimate of drug-likeness (QED) is 0.428. The zero-order chi connectivity index (χ0) is 16.3. The number of phenolic OH excluding ortho intramolecular Hbond substituents is 1. The molecule has 2 N–H and O–H groups in total. The molecule has 0 amide bonds. The fraction of sp³-hybridized carbons (Fsp3) is 0.0667. The van der Waals surface area contributed by atoms with Crippen molar-refractivity contribution in [1.29, 1.82) is 0 Å². The number of aromatic hydroxyl groups is 2. The molecule has 112 valence electrons. The summed E-state index contributed by atoms with van der Waals surface area (Å²) in [7, 11) is 0. The van der Waals surface area contributed by atoms with Crippen LogP contribution >= 0.6 is 0 Å². The predicted octanol–water partition coefficient (Wildman–Crippen LogP) is -0.917. The molecule has 0 saturated heterocycles. The molecule has 2 rings (SSSR count). The van der Waals surface area contributed by atoms with E-state index in [-0.39, 0.29) is 52.3 Å². The number of azo groups is 1. The fourth-order valence-corrected chi connectivity index (χ4v) is 1.73. The summed E-state index contributed by atoms with van der Waals surface area (Å²) < 4.78 is 0. The first-order valence-electron chi connectivity index (χ1n) is 6.18. The third kappa shape index (κ3) is 4.62. The molecule has 0 spiro atoms. The maximum atomic E-state index is 11.3. The fourth-order valence-electron chi connectivity index (χ4n) is 1.73. The number of carboxylic acid groups (broad SMARTS) is 1. The Morgan fingerprint density at radius 2 is 1.35 bits per heavy atom. The molecule has 0 aliphatic heterocycles. The van der Waals surface area contributed by atoms with E-state index in [1.165, 1.54) is 31.2 Å². The van der Waals surface area contributed by atoms with Crippen LogP contribution in [0.25, 0.3) is 0 Å². The van der Waals surface area contributed by atoms with Crippen molar-refractivity contribution in [2.24, 2.45) is 10.2 Å². The van der Waals surface area contributed by atoms with Gasteiger partial charge < -0.3 is 20.1 Å². The topological polar surface area (TPSA) is 122 Å². The van der Waals surface area contributed by atoms with Crippen LogP contribution in [0.4, 0.5) is 11.4 Å². The third-order valence-electron chi connectivity index (χ3n) is 2.84. The van der Waals surface area contributed by atoms with E-state index in [1.54, 1.807) is 0 Å². The number of carbonyl (C=O) groups is 2.